The maximum Gasteiger partial charge on any atom is 0.303 e. The number of hydrogen-bond acceptors (Lipinski definition) is 4. The fraction of sp³-hybridized carbons (Fsp3) is 0.333. The third kappa shape index (κ3) is 1.47. The second-order valence-corrected chi connectivity index (χ2v) is 2.82. The van der Waals surface area contributed by atoms with Gasteiger partial charge in [0.25, 0.3) is 0 Å². The highest BCUT2D eigenvalue weighted by atomic mass is 16.6. The molecule has 0 spiro atoms. The zero-order valence-corrected chi connectivity index (χ0v) is 7.19. The van der Waals surface area contributed by atoms with E-state index < -0.39 is 0 Å². The van der Waals surface area contributed by atoms with Gasteiger partial charge in [-0.1, -0.05) is 0 Å². The van der Waals surface area contributed by atoms with Crippen LogP contribution in [-0.2, 0) is 9.53 Å². The standard InChI is InChI=1S/C9H9NO3/c1-6(11)13-9-5-12-8-2-3-10-4-7(8)9/h2-4,9H,5H2,1H3. The molecule has 0 amide bonds. The van der Waals surface area contributed by atoms with Crippen molar-refractivity contribution >= 4 is 5.97 Å². The molecule has 13 heavy (non-hydrogen) atoms. The number of carbonyl (C=O) groups excluding carboxylic acids is 1. The highest BCUT2D eigenvalue weighted by Gasteiger charge is 2.26. The molecule has 1 aliphatic rings. The average molecular weight is 179 g/mol. The van der Waals surface area contributed by atoms with E-state index in [2.05, 4.69) is 4.98 Å². The van der Waals surface area contributed by atoms with Crippen LogP contribution in [0.3, 0.4) is 0 Å². The molecular formula is C9H9NO3. The molecule has 2 rings (SSSR count). The summed E-state index contributed by atoms with van der Waals surface area (Å²) in [6.45, 7) is 1.77. The summed E-state index contributed by atoms with van der Waals surface area (Å²) in [5.74, 6) is 0.451. The van der Waals surface area contributed by atoms with Crippen molar-refractivity contribution in [3.05, 3.63) is 24.0 Å². The Hall–Kier alpha value is -1.58. The van der Waals surface area contributed by atoms with Crippen molar-refractivity contribution in [1.82, 2.24) is 4.98 Å². The molecule has 0 radical (unpaired) electrons. The first kappa shape index (κ1) is 8.04. The Balaban J connectivity index is 2.23. The lowest BCUT2D eigenvalue weighted by atomic mass is 10.2. The quantitative estimate of drug-likeness (QED) is 0.605. The van der Waals surface area contributed by atoms with Gasteiger partial charge < -0.3 is 9.47 Å². The minimum Gasteiger partial charge on any atom is -0.489 e. The number of ether oxygens (including phenoxy) is 2. The minimum atomic E-state index is -0.301. The number of esters is 1. The second-order valence-electron chi connectivity index (χ2n) is 2.82. The van der Waals surface area contributed by atoms with Gasteiger partial charge in [0.1, 0.15) is 12.4 Å². The summed E-state index contributed by atoms with van der Waals surface area (Å²) in [5, 5.41) is 0. The molecule has 0 saturated carbocycles. The fourth-order valence-electron chi connectivity index (χ4n) is 1.32. The van der Waals surface area contributed by atoms with E-state index in [9.17, 15) is 4.79 Å². The molecule has 0 saturated heterocycles. The second kappa shape index (κ2) is 3.05. The zero-order chi connectivity index (χ0) is 9.26. The minimum absolute atomic E-state index is 0.291. The van der Waals surface area contributed by atoms with Crippen molar-refractivity contribution in [3.63, 3.8) is 0 Å². The van der Waals surface area contributed by atoms with Crippen molar-refractivity contribution in [2.75, 3.05) is 6.61 Å². The summed E-state index contributed by atoms with van der Waals surface area (Å²) in [7, 11) is 0. The van der Waals surface area contributed by atoms with E-state index in [1.165, 1.54) is 6.92 Å². The number of carbonyl (C=O) groups is 1. The van der Waals surface area contributed by atoms with Crippen LogP contribution in [0.5, 0.6) is 5.75 Å². The fourth-order valence-corrected chi connectivity index (χ4v) is 1.32. The van der Waals surface area contributed by atoms with Crippen LogP contribution in [0.1, 0.15) is 18.6 Å². The number of nitrogens with zero attached hydrogens (tertiary/aromatic N) is 1. The van der Waals surface area contributed by atoms with Crippen LogP contribution in [-0.4, -0.2) is 17.6 Å². The number of pyridine rings is 1. The van der Waals surface area contributed by atoms with Gasteiger partial charge in [-0.05, 0) is 6.07 Å². The Morgan fingerprint density at radius 3 is 3.38 bits per heavy atom. The van der Waals surface area contributed by atoms with E-state index >= 15 is 0 Å². The molecule has 0 N–H and O–H groups in total. The Labute approximate surface area is 75.5 Å². The van der Waals surface area contributed by atoms with Gasteiger partial charge in [-0.3, -0.25) is 9.78 Å². The first-order chi connectivity index (χ1) is 6.27. The van der Waals surface area contributed by atoms with Crippen LogP contribution >= 0.6 is 0 Å². The molecule has 2 heterocycles. The predicted octanol–water partition coefficient (Wildman–Crippen LogP) is 1.08. The van der Waals surface area contributed by atoms with Gasteiger partial charge in [0.15, 0.2) is 6.10 Å². The van der Waals surface area contributed by atoms with Crippen LogP contribution < -0.4 is 4.74 Å². The molecule has 1 aromatic heterocycles. The normalized spacial score (nSPS) is 19.0. The first-order valence-corrected chi connectivity index (χ1v) is 4.01. The summed E-state index contributed by atoms with van der Waals surface area (Å²) in [5.41, 5.74) is 0.845. The van der Waals surface area contributed by atoms with Gasteiger partial charge >= 0.3 is 5.97 Å². The molecule has 1 aromatic rings. The lowest BCUT2D eigenvalue weighted by Crippen LogP contribution is -2.09. The monoisotopic (exact) mass is 179 g/mol. The van der Waals surface area contributed by atoms with Crippen LogP contribution in [0.15, 0.2) is 18.5 Å². The summed E-state index contributed by atoms with van der Waals surface area (Å²) in [4.78, 5) is 14.7. The lowest BCUT2D eigenvalue weighted by molar-refractivity contribution is -0.147. The maximum atomic E-state index is 10.7. The summed E-state index contributed by atoms with van der Waals surface area (Å²) in [6, 6.07) is 1.76. The number of fused-ring (bicyclic) bond motifs is 1. The molecule has 4 nitrogen and oxygen atoms in total. The van der Waals surface area contributed by atoms with Gasteiger partial charge in [0.2, 0.25) is 0 Å². The SMILES string of the molecule is CC(=O)OC1COc2ccncc21. The molecule has 1 aliphatic heterocycles. The summed E-state index contributed by atoms with van der Waals surface area (Å²) in [6.07, 6.45) is 3.02. The molecule has 1 unspecified atom stereocenters. The Morgan fingerprint density at radius 2 is 2.62 bits per heavy atom. The van der Waals surface area contributed by atoms with Gasteiger partial charge in [-0.25, -0.2) is 0 Å². The Bertz CT molecular complexity index is 337. The molecule has 1 atom stereocenters. The average Bonchev–Trinajstić information content (AvgIpc) is 2.48. The van der Waals surface area contributed by atoms with Crippen molar-refractivity contribution in [2.45, 2.75) is 13.0 Å². The van der Waals surface area contributed by atoms with Crippen molar-refractivity contribution in [3.8, 4) is 5.75 Å². The van der Waals surface area contributed by atoms with E-state index in [1.54, 1.807) is 18.5 Å². The van der Waals surface area contributed by atoms with Crippen molar-refractivity contribution in [2.24, 2.45) is 0 Å². The number of rotatable bonds is 1. The van der Waals surface area contributed by atoms with E-state index in [4.69, 9.17) is 9.47 Å². The van der Waals surface area contributed by atoms with Crippen LogP contribution in [0.2, 0.25) is 0 Å². The topological polar surface area (TPSA) is 48.4 Å². The van der Waals surface area contributed by atoms with Gasteiger partial charge in [0, 0.05) is 19.3 Å². The molecule has 0 fully saturated rings. The summed E-state index contributed by atoms with van der Waals surface area (Å²) >= 11 is 0. The van der Waals surface area contributed by atoms with Crippen LogP contribution in [0.25, 0.3) is 0 Å². The third-order valence-corrected chi connectivity index (χ3v) is 1.86. The largest absolute Gasteiger partial charge is 0.489 e. The highest BCUT2D eigenvalue weighted by molar-refractivity contribution is 5.66. The molecule has 0 bridgehead atoms. The summed E-state index contributed by atoms with van der Waals surface area (Å²) < 4.78 is 10.3. The van der Waals surface area contributed by atoms with E-state index in [1.807, 2.05) is 0 Å². The van der Waals surface area contributed by atoms with Gasteiger partial charge in [-0.2, -0.15) is 0 Å². The van der Waals surface area contributed by atoms with Crippen LogP contribution in [0.4, 0.5) is 0 Å². The first-order valence-electron chi connectivity index (χ1n) is 4.01. The number of hydrogen-bond donors (Lipinski definition) is 0. The lowest BCUT2D eigenvalue weighted by Gasteiger charge is -2.07. The maximum absolute atomic E-state index is 10.7. The predicted molar refractivity (Wildman–Crippen MR) is 44.2 cm³/mol. The molecular weight excluding hydrogens is 170 g/mol. The molecule has 0 aromatic carbocycles. The molecule has 68 valence electrons. The zero-order valence-electron chi connectivity index (χ0n) is 7.19. The van der Waals surface area contributed by atoms with Crippen molar-refractivity contribution in [1.29, 1.82) is 0 Å². The van der Waals surface area contributed by atoms with E-state index in [0.29, 0.717) is 6.61 Å². The van der Waals surface area contributed by atoms with Crippen molar-refractivity contribution < 1.29 is 14.3 Å². The number of aromatic nitrogens is 1. The Morgan fingerprint density at radius 1 is 1.77 bits per heavy atom. The molecule has 4 heteroatoms. The highest BCUT2D eigenvalue weighted by Crippen LogP contribution is 2.33. The smallest absolute Gasteiger partial charge is 0.303 e. The van der Waals surface area contributed by atoms with Crippen LogP contribution in [0, 0.1) is 0 Å². The molecule has 0 aliphatic carbocycles. The van der Waals surface area contributed by atoms with Gasteiger partial charge in [-0.15, -0.1) is 0 Å². The Kier molecular flexibility index (Phi) is 1.88. The van der Waals surface area contributed by atoms with E-state index in [0.717, 1.165) is 11.3 Å². The van der Waals surface area contributed by atoms with Gasteiger partial charge in [0.05, 0.1) is 5.56 Å². The van der Waals surface area contributed by atoms with E-state index in [-0.39, 0.29) is 12.1 Å². The third-order valence-electron chi connectivity index (χ3n) is 1.86.